The molecule has 0 unspecified atom stereocenters. The van der Waals surface area contributed by atoms with E-state index >= 15 is 0 Å². The number of carbonyl (C=O) groups excluding carboxylic acids is 3. The van der Waals surface area contributed by atoms with Crippen LogP contribution in [0.25, 0.3) is 0 Å². The number of fused-ring (bicyclic) bond motifs is 1. The molecule has 8 nitrogen and oxygen atoms in total. The molecule has 9 heteroatoms. The van der Waals surface area contributed by atoms with Crippen LogP contribution in [0.2, 0.25) is 0 Å². The maximum Gasteiger partial charge on any atom is 0.269 e. The topological polar surface area (TPSA) is 104 Å². The fourth-order valence-electron chi connectivity index (χ4n) is 4.72. The second kappa shape index (κ2) is 10.2. The van der Waals surface area contributed by atoms with E-state index in [9.17, 15) is 22.8 Å². The Hall–Kier alpha value is -3.20. The molecule has 2 aliphatic rings. The number of carbonyl (C=O) groups is 3. The lowest BCUT2D eigenvalue weighted by molar-refractivity contribution is -0.140. The number of nitrogens with one attached hydrogen (secondary N) is 1. The first-order valence-corrected chi connectivity index (χ1v) is 13.4. The van der Waals surface area contributed by atoms with Crippen molar-refractivity contribution in [1.29, 1.82) is 0 Å². The molecule has 1 aliphatic heterocycles. The summed E-state index contributed by atoms with van der Waals surface area (Å²) in [5, 5.41) is 3.06. The van der Waals surface area contributed by atoms with E-state index < -0.39 is 34.4 Å². The Balaban J connectivity index is 1.58. The maximum absolute atomic E-state index is 13.5. The molecular formula is C26H31N3O5S. The summed E-state index contributed by atoms with van der Waals surface area (Å²) < 4.78 is 26.6. The SMILES string of the molecule is Cc1ccccc1CN(C(=O)CN1C(=O)c2ccccc2S1(=O)=O)[C@H](C)C(=O)NC1CCCCC1. The summed E-state index contributed by atoms with van der Waals surface area (Å²) in [6.45, 7) is 3.02. The number of hydrogen-bond acceptors (Lipinski definition) is 5. The Bertz CT molecular complexity index is 1240. The molecule has 0 radical (unpaired) electrons. The lowest BCUT2D eigenvalue weighted by atomic mass is 9.95. The van der Waals surface area contributed by atoms with E-state index in [0.717, 1.165) is 43.2 Å². The van der Waals surface area contributed by atoms with Crippen molar-refractivity contribution in [2.45, 2.75) is 69.5 Å². The van der Waals surface area contributed by atoms with Gasteiger partial charge in [-0.1, -0.05) is 55.7 Å². The van der Waals surface area contributed by atoms with Crippen molar-refractivity contribution >= 4 is 27.7 Å². The first-order valence-electron chi connectivity index (χ1n) is 12.0. The van der Waals surface area contributed by atoms with Crippen molar-refractivity contribution < 1.29 is 22.8 Å². The number of amides is 3. The van der Waals surface area contributed by atoms with E-state index in [4.69, 9.17) is 0 Å². The molecule has 4 rings (SSSR count). The van der Waals surface area contributed by atoms with Gasteiger partial charge in [-0.3, -0.25) is 14.4 Å². The summed E-state index contributed by atoms with van der Waals surface area (Å²) in [7, 11) is -4.14. The minimum Gasteiger partial charge on any atom is -0.352 e. The van der Waals surface area contributed by atoms with E-state index in [1.54, 1.807) is 13.0 Å². The number of benzene rings is 2. The van der Waals surface area contributed by atoms with Gasteiger partial charge in [-0.2, -0.15) is 0 Å². The third-order valence-corrected chi connectivity index (χ3v) is 8.70. The van der Waals surface area contributed by atoms with Crippen LogP contribution in [0.15, 0.2) is 53.4 Å². The summed E-state index contributed by atoms with van der Waals surface area (Å²) in [5.41, 5.74) is 1.84. The molecule has 0 spiro atoms. The van der Waals surface area contributed by atoms with Crippen molar-refractivity contribution in [1.82, 2.24) is 14.5 Å². The second-order valence-electron chi connectivity index (χ2n) is 9.28. The van der Waals surface area contributed by atoms with Gasteiger partial charge in [0.15, 0.2) is 0 Å². The van der Waals surface area contributed by atoms with Gasteiger partial charge in [0, 0.05) is 12.6 Å². The monoisotopic (exact) mass is 497 g/mol. The van der Waals surface area contributed by atoms with Gasteiger partial charge in [0.2, 0.25) is 11.8 Å². The summed E-state index contributed by atoms with van der Waals surface area (Å²) in [5.74, 6) is -1.62. The molecule has 1 saturated carbocycles. The smallest absolute Gasteiger partial charge is 0.269 e. The van der Waals surface area contributed by atoms with E-state index in [1.165, 1.54) is 23.1 Å². The average Bonchev–Trinajstić information content (AvgIpc) is 3.04. The van der Waals surface area contributed by atoms with Crippen LogP contribution in [-0.2, 0) is 26.2 Å². The molecule has 0 bridgehead atoms. The van der Waals surface area contributed by atoms with E-state index in [0.29, 0.717) is 4.31 Å². The van der Waals surface area contributed by atoms with Crippen LogP contribution in [0.3, 0.4) is 0 Å². The van der Waals surface area contributed by atoms with Crippen LogP contribution in [0.1, 0.15) is 60.5 Å². The van der Waals surface area contributed by atoms with Crippen molar-refractivity contribution in [3.05, 3.63) is 65.2 Å². The fourth-order valence-corrected chi connectivity index (χ4v) is 6.24. The Labute approximate surface area is 206 Å². The summed E-state index contributed by atoms with van der Waals surface area (Å²) >= 11 is 0. The second-order valence-corrected chi connectivity index (χ2v) is 11.1. The third kappa shape index (κ3) is 5.10. The number of nitrogens with zero attached hydrogens (tertiary/aromatic N) is 2. The highest BCUT2D eigenvalue weighted by Crippen LogP contribution is 2.30. The van der Waals surface area contributed by atoms with Crippen LogP contribution < -0.4 is 5.32 Å². The number of aryl methyl sites for hydroxylation is 1. The minimum absolute atomic E-state index is 0.0499. The molecule has 3 amide bonds. The predicted molar refractivity (Wildman–Crippen MR) is 131 cm³/mol. The van der Waals surface area contributed by atoms with Crippen LogP contribution in [0, 0.1) is 6.92 Å². The van der Waals surface area contributed by atoms with Crippen LogP contribution >= 0.6 is 0 Å². The number of hydrogen-bond donors (Lipinski definition) is 1. The summed E-state index contributed by atoms with van der Waals surface area (Å²) in [4.78, 5) is 40.8. The van der Waals surface area contributed by atoms with E-state index in [1.807, 2.05) is 31.2 Å². The van der Waals surface area contributed by atoms with Crippen molar-refractivity contribution in [2.75, 3.05) is 6.54 Å². The van der Waals surface area contributed by atoms with Gasteiger partial charge in [0.25, 0.3) is 15.9 Å². The van der Waals surface area contributed by atoms with Crippen LogP contribution in [0.4, 0.5) is 0 Å². The van der Waals surface area contributed by atoms with Gasteiger partial charge in [-0.25, -0.2) is 12.7 Å². The van der Waals surface area contributed by atoms with E-state index in [-0.39, 0.29) is 29.0 Å². The van der Waals surface area contributed by atoms with Gasteiger partial charge >= 0.3 is 0 Å². The lowest BCUT2D eigenvalue weighted by Gasteiger charge is -2.32. The predicted octanol–water partition coefficient (Wildman–Crippen LogP) is 3.01. The Kier molecular flexibility index (Phi) is 7.25. The molecular weight excluding hydrogens is 466 g/mol. The molecule has 1 N–H and O–H groups in total. The first kappa shape index (κ1) is 24.9. The van der Waals surface area contributed by atoms with Crippen molar-refractivity contribution in [3.63, 3.8) is 0 Å². The van der Waals surface area contributed by atoms with Gasteiger partial charge in [0.05, 0.1) is 5.56 Å². The molecule has 2 aromatic carbocycles. The fraction of sp³-hybridized carbons (Fsp3) is 0.423. The maximum atomic E-state index is 13.5. The van der Waals surface area contributed by atoms with Crippen LogP contribution in [0.5, 0.6) is 0 Å². The molecule has 35 heavy (non-hydrogen) atoms. The van der Waals surface area contributed by atoms with Crippen LogP contribution in [-0.4, -0.2) is 54.0 Å². The van der Waals surface area contributed by atoms with Gasteiger partial charge in [0.1, 0.15) is 17.5 Å². The third-order valence-electron chi connectivity index (χ3n) is 6.91. The van der Waals surface area contributed by atoms with E-state index in [2.05, 4.69) is 5.32 Å². The number of sulfonamides is 1. The Morgan fingerprint density at radius 2 is 1.71 bits per heavy atom. The lowest BCUT2D eigenvalue weighted by Crippen LogP contribution is -2.53. The normalized spacial score (nSPS) is 18.1. The molecule has 1 fully saturated rings. The van der Waals surface area contributed by atoms with Crippen molar-refractivity contribution in [3.8, 4) is 0 Å². The minimum atomic E-state index is -4.14. The standard InChI is InChI=1S/C26H31N3O5S/c1-18-10-6-7-11-20(18)16-28(19(2)25(31)27-21-12-4-3-5-13-21)24(30)17-29-26(32)22-14-8-9-15-23(22)35(29,33)34/h6-11,14-15,19,21H,3-5,12-13,16-17H2,1-2H3,(H,27,31)/t19-/m1/s1. The molecule has 0 saturated heterocycles. The molecule has 0 aromatic heterocycles. The average molecular weight is 498 g/mol. The summed E-state index contributed by atoms with van der Waals surface area (Å²) in [6.07, 6.45) is 5.08. The highest BCUT2D eigenvalue weighted by Gasteiger charge is 2.43. The number of rotatable bonds is 7. The van der Waals surface area contributed by atoms with Gasteiger partial charge in [-0.05, 0) is 49.9 Å². The molecule has 1 aliphatic carbocycles. The zero-order valence-electron chi connectivity index (χ0n) is 20.1. The molecule has 1 heterocycles. The first-order chi connectivity index (χ1) is 16.7. The van der Waals surface area contributed by atoms with Crippen molar-refractivity contribution in [2.24, 2.45) is 0 Å². The largest absolute Gasteiger partial charge is 0.352 e. The Morgan fingerprint density at radius 3 is 2.40 bits per heavy atom. The van der Waals surface area contributed by atoms with Gasteiger partial charge in [-0.15, -0.1) is 0 Å². The molecule has 2 aromatic rings. The molecule has 1 atom stereocenters. The highest BCUT2D eigenvalue weighted by molar-refractivity contribution is 7.90. The molecule has 186 valence electrons. The van der Waals surface area contributed by atoms with Gasteiger partial charge < -0.3 is 10.2 Å². The Morgan fingerprint density at radius 1 is 1.06 bits per heavy atom. The highest BCUT2D eigenvalue weighted by atomic mass is 32.2. The zero-order chi connectivity index (χ0) is 25.2. The summed E-state index contributed by atoms with van der Waals surface area (Å²) in [6, 6.07) is 12.7. The quantitative estimate of drug-likeness (QED) is 0.633. The zero-order valence-corrected chi connectivity index (χ0v) is 20.9.